The number of rotatable bonds is 8. The molecule has 1 aromatic rings. The number of carbonyl (C=O) groups excluding carboxylic acids is 1. The Bertz CT molecular complexity index is 603. The van der Waals surface area contributed by atoms with Gasteiger partial charge in [-0.3, -0.25) is 9.59 Å². The summed E-state index contributed by atoms with van der Waals surface area (Å²) in [7, 11) is 0. The third-order valence-corrected chi connectivity index (χ3v) is 3.05. The molecule has 0 radical (unpaired) electrons. The molecule has 3 N–H and O–H groups in total. The summed E-state index contributed by atoms with van der Waals surface area (Å²) in [4.78, 5) is 22.4. The van der Waals surface area contributed by atoms with Crippen LogP contribution in [0.3, 0.4) is 0 Å². The Kier molecular flexibility index (Phi) is 7.60. The number of hydrogen-bond donors (Lipinski definition) is 3. The first kappa shape index (κ1) is 18.5. The van der Waals surface area contributed by atoms with Gasteiger partial charge in [0.1, 0.15) is 5.75 Å². The molecule has 0 aliphatic heterocycles. The topological polar surface area (TPSA) is 86.6 Å². The van der Waals surface area contributed by atoms with E-state index >= 15 is 0 Å². The van der Waals surface area contributed by atoms with E-state index in [0.717, 1.165) is 12.0 Å². The fourth-order valence-electron chi connectivity index (χ4n) is 1.84. The molecule has 0 spiro atoms. The average Bonchev–Trinajstić information content (AvgIpc) is 2.47. The molecule has 0 atom stereocenters. The van der Waals surface area contributed by atoms with Crippen molar-refractivity contribution in [2.45, 2.75) is 33.1 Å². The third kappa shape index (κ3) is 7.85. The average molecular weight is 317 g/mol. The molecular weight excluding hydrogens is 294 g/mol. The Hall–Kier alpha value is -2.56. The fraction of sp³-hybridized carbons (Fsp3) is 0.333. The summed E-state index contributed by atoms with van der Waals surface area (Å²) < 4.78 is 0. The number of phenols is 1. The van der Waals surface area contributed by atoms with Crippen LogP contribution < -0.4 is 5.32 Å². The number of allylic oxidation sites excluding steroid dienone is 3. The lowest BCUT2D eigenvalue weighted by Crippen LogP contribution is -2.08. The van der Waals surface area contributed by atoms with E-state index in [9.17, 15) is 14.7 Å². The van der Waals surface area contributed by atoms with Crippen LogP contribution in [0.2, 0.25) is 0 Å². The van der Waals surface area contributed by atoms with Crippen molar-refractivity contribution < 1.29 is 19.8 Å². The second kappa shape index (κ2) is 9.46. The maximum Gasteiger partial charge on any atom is 0.303 e. The number of carbonyl (C=O) groups is 2. The number of hydrogen-bond acceptors (Lipinski definition) is 3. The molecule has 23 heavy (non-hydrogen) atoms. The molecule has 124 valence electrons. The van der Waals surface area contributed by atoms with Crippen molar-refractivity contribution in [1.82, 2.24) is 0 Å². The molecule has 0 heterocycles. The second-order valence-electron chi connectivity index (χ2n) is 5.65. The van der Waals surface area contributed by atoms with E-state index in [-0.39, 0.29) is 23.8 Å². The summed E-state index contributed by atoms with van der Waals surface area (Å²) in [5.74, 6) is -0.732. The van der Waals surface area contributed by atoms with Gasteiger partial charge < -0.3 is 15.5 Å². The monoisotopic (exact) mass is 317 g/mol. The van der Waals surface area contributed by atoms with Crippen molar-refractivity contribution in [2.75, 3.05) is 5.32 Å². The van der Waals surface area contributed by atoms with Gasteiger partial charge in [-0.25, -0.2) is 0 Å². The van der Waals surface area contributed by atoms with E-state index in [0.29, 0.717) is 12.3 Å². The van der Waals surface area contributed by atoms with Crippen LogP contribution >= 0.6 is 0 Å². The molecule has 0 fully saturated rings. The van der Waals surface area contributed by atoms with Crippen LogP contribution in [-0.2, 0) is 16.0 Å². The zero-order valence-electron chi connectivity index (χ0n) is 13.5. The van der Waals surface area contributed by atoms with Crippen LogP contribution in [0.5, 0.6) is 5.75 Å². The summed E-state index contributed by atoms with van der Waals surface area (Å²) in [6.07, 6.45) is 8.09. The maximum absolute atomic E-state index is 11.8. The normalized spacial score (nSPS) is 11.4. The molecule has 1 aromatic carbocycles. The molecule has 0 aliphatic rings. The third-order valence-electron chi connectivity index (χ3n) is 3.05. The van der Waals surface area contributed by atoms with E-state index in [2.05, 4.69) is 19.2 Å². The molecule has 1 rings (SSSR count). The van der Waals surface area contributed by atoms with Crippen LogP contribution in [0.25, 0.3) is 0 Å². The van der Waals surface area contributed by atoms with Crippen molar-refractivity contribution in [3.05, 3.63) is 48.1 Å². The Labute approximate surface area is 136 Å². The van der Waals surface area contributed by atoms with Crippen molar-refractivity contribution in [1.29, 1.82) is 0 Å². The van der Waals surface area contributed by atoms with E-state index in [1.54, 1.807) is 18.2 Å². The first-order valence-electron chi connectivity index (χ1n) is 7.56. The quantitative estimate of drug-likeness (QED) is 0.389. The highest BCUT2D eigenvalue weighted by molar-refractivity contribution is 6.00. The summed E-state index contributed by atoms with van der Waals surface area (Å²) in [5, 5.41) is 21.0. The molecular formula is C18H23NO4. The van der Waals surface area contributed by atoms with Crippen LogP contribution in [0.15, 0.2) is 42.5 Å². The van der Waals surface area contributed by atoms with Gasteiger partial charge in [-0.2, -0.15) is 0 Å². The number of carboxylic acid groups (broad SMARTS) is 1. The molecule has 0 unspecified atom stereocenters. The van der Waals surface area contributed by atoms with Crippen molar-refractivity contribution in [3.8, 4) is 5.75 Å². The van der Waals surface area contributed by atoms with Crippen LogP contribution in [-0.4, -0.2) is 22.1 Å². The lowest BCUT2D eigenvalue weighted by Gasteiger charge is -2.07. The lowest BCUT2D eigenvalue weighted by atomic mass is 10.1. The van der Waals surface area contributed by atoms with E-state index < -0.39 is 5.97 Å². The number of benzene rings is 1. The van der Waals surface area contributed by atoms with Crippen molar-refractivity contribution in [3.63, 3.8) is 0 Å². The largest absolute Gasteiger partial charge is 0.506 e. The smallest absolute Gasteiger partial charge is 0.303 e. The number of aryl methyl sites for hydroxylation is 1. The summed E-state index contributed by atoms with van der Waals surface area (Å²) in [5.41, 5.74) is 1.01. The summed E-state index contributed by atoms with van der Waals surface area (Å²) in [6, 6.07) is 4.66. The van der Waals surface area contributed by atoms with Gasteiger partial charge in [-0.1, -0.05) is 38.1 Å². The van der Waals surface area contributed by atoms with Gasteiger partial charge in [0.2, 0.25) is 5.91 Å². The molecule has 0 saturated carbocycles. The lowest BCUT2D eigenvalue weighted by molar-refractivity contribution is -0.137. The standard InChI is InChI=1S/C18H23NO4/c1-13(2)6-4-3-5-7-17(21)19-15-12-14(8-10-16(15)20)9-11-18(22)23/h3-5,7-8,10,12-13,20H,6,9,11H2,1-2H3,(H,19,21)(H,22,23). The van der Waals surface area contributed by atoms with E-state index in [4.69, 9.17) is 5.11 Å². The molecule has 0 saturated heterocycles. The summed E-state index contributed by atoms with van der Waals surface area (Å²) in [6.45, 7) is 4.22. The highest BCUT2D eigenvalue weighted by Crippen LogP contribution is 2.24. The minimum Gasteiger partial charge on any atom is -0.506 e. The maximum atomic E-state index is 11.8. The fourth-order valence-corrected chi connectivity index (χ4v) is 1.84. The zero-order valence-corrected chi connectivity index (χ0v) is 13.5. The predicted molar refractivity (Wildman–Crippen MR) is 90.4 cm³/mol. The zero-order chi connectivity index (χ0) is 17.2. The number of amides is 1. The number of aliphatic carboxylic acids is 1. The van der Waals surface area contributed by atoms with Gasteiger partial charge in [0, 0.05) is 12.5 Å². The molecule has 5 heteroatoms. The number of carboxylic acids is 1. The number of aromatic hydroxyl groups is 1. The van der Waals surface area contributed by atoms with E-state index in [1.807, 2.05) is 12.2 Å². The number of anilines is 1. The van der Waals surface area contributed by atoms with Gasteiger partial charge in [0.25, 0.3) is 0 Å². The SMILES string of the molecule is CC(C)CC=CC=CC(=O)Nc1cc(CCC(=O)O)ccc1O. The molecule has 5 nitrogen and oxygen atoms in total. The summed E-state index contributed by atoms with van der Waals surface area (Å²) >= 11 is 0. The minimum absolute atomic E-state index is 0.00128. The number of phenolic OH excluding ortho intramolecular Hbond substituents is 1. The first-order valence-corrected chi connectivity index (χ1v) is 7.56. The predicted octanol–water partition coefficient (Wildman–Crippen LogP) is 3.51. The van der Waals surface area contributed by atoms with Crippen molar-refractivity contribution >= 4 is 17.6 Å². The Morgan fingerprint density at radius 1 is 1.26 bits per heavy atom. The molecule has 0 bridgehead atoms. The van der Waals surface area contributed by atoms with Gasteiger partial charge in [0.15, 0.2) is 0 Å². The second-order valence-corrected chi connectivity index (χ2v) is 5.65. The van der Waals surface area contributed by atoms with Crippen LogP contribution in [0.4, 0.5) is 5.69 Å². The van der Waals surface area contributed by atoms with E-state index in [1.165, 1.54) is 12.1 Å². The van der Waals surface area contributed by atoms with Gasteiger partial charge in [0.05, 0.1) is 5.69 Å². The van der Waals surface area contributed by atoms with Gasteiger partial charge in [-0.15, -0.1) is 0 Å². The number of nitrogens with one attached hydrogen (secondary N) is 1. The molecule has 0 aromatic heterocycles. The Balaban J connectivity index is 2.62. The first-order chi connectivity index (χ1) is 10.9. The molecule has 0 aliphatic carbocycles. The highest BCUT2D eigenvalue weighted by atomic mass is 16.4. The van der Waals surface area contributed by atoms with Crippen LogP contribution in [0, 0.1) is 5.92 Å². The minimum atomic E-state index is -0.889. The van der Waals surface area contributed by atoms with Crippen molar-refractivity contribution in [2.24, 2.45) is 5.92 Å². The van der Waals surface area contributed by atoms with Gasteiger partial charge in [-0.05, 0) is 36.5 Å². The highest BCUT2D eigenvalue weighted by Gasteiger charge is 2.06. The van der Waals surface area contributed by atoms with Gasteiger partial charge >= 0.3 is 5.97 Å². The molecule has 1 amide bonds. The van der Waals surface area contributed by atoms with Crippen LogP contribution in [0.1, 0.15) is 32.3 Å². The Morgan fingerprint density at radius 3 is 2.65 bits per heavy atom. The Morgan fingerprint density at radius 2 is 2.00 bits per heavy atom.